The number of pyridine rings is 1. The number of anilines is 2. The molecule has 2 N–H and O–H groups in total. The molecule has 0 bridgehead atoms. The second kappa shape index (κ2) is 10.6. The van der Waals surface area contributed by atoms with Gasteiger partial charge < -0.3 is 19.6 Å². The number of benzene rings is 1. The molecule has 0 unspecified atom stereocenters. The van der Waals surface area contributed by atoms with Crippen LogP contribution in [-0.2, 0) is 10.0 Å². The number of carboxylic acid groups (broad SMARTS) is 1. The number of piperidine rings is 1. The van der Waals surface area contributed by atoms with Crippen LogP contribution in [0.2, 0.25) is 0 Å². The minimum Gasteiger partial charge on any atom is -0.494 e. The number of hydrogen-bond acceptors (Lipinski definition) is 7. The smallest absolute Gasteiger partial charge is 0.337 e. The quantitative estimate of drug-likeness (QED) is 0.553. The van der Waals surface area contributed by atoms with Crippen molar-refractivity contribution in [2.24, 2.45) is 5.92 Å². The molecule has 2 aliphatic heterocycles. The zero-order valence-electron chi connectivity index (χ0n) is 19.4. The highest BCUT2D eigenvalue weighted by molar-refractivity contribution is 7.92. The Kier molecular flexibility index (Phi) is 7.57. The first-order valence-corrected chi connectivity index (χ1v) is 13.3. The van der Waals surface area contributed by atoms with Crippen LogP contribution < -0.4 is 14.4 Å². The number of nitrogens with one attached hydrogen (secondary N) is 1. The molecule has 0 spiro atoms. The molecule has 184 valence electrons. The summed E-state index contributed by atoms with van der Waals surface area (Å²) >= 11 is 0. The molecule has 4 rings (SSSR count). The summed E-state index contributed by atoms with van der Waals surface area (Å²) in [5.41, 5.74) is 0.106. The van der Waals surface area contributed by atoms with Crippen LogP contribution in [0, 0.1) is 5.92 Å². The standard InChI is InChI=1S/C24H32N4O5S/c1-2-33-20-7-9-21(10-8-20)34(31,32)26-22-14-19(24(29)30)15-25-23(22)28-13-5-6-18(17-28)16-27-11-3-4-12-27/h7-10,14-15,18,26H,2-6,11-13,16-17H2,1H3,(H,29,30)/t18-/m1/s1. The van der Waals surface area contributed by atoms with Gasteiger partial charge in [-0.2, -0.15) is 0 Å². The minimum absolute atomic E-state index is 0.0631. The number of aromatic carboxylic acids is 1. The van der Waals surface area contributed by atoms with Crippen molar-refractivity contribution in [2.75, 3.05) is 49.0 Å². The fourth-order valence-corrected chi connectivity index (χ4v) is 5.78. The lowest BCUT2D eigenvalue weighted by Crippen LogP contribution is -2.41. The average Bonchev–Trinajstić information content (AvgIpc) is 3.32. The van der Waals surface area contributed by atoms with Crippen LogP contribution in [0.1, 0.15) is 43.0 Å². The van der Waals surface area contributed by atoms with Crippen LogP contribution in [0.4, 0.5) is 11.5 Å². The molecule has 1 aromatic heterocycles. The Balaban J connectivity index is 1.58. The first-order chi connectivity index (χ1) is 16.4. The van der Waals surface area contributed by atoms with Crippen molar-refractivity contribution in [1.29, 1.82) is 0 Å². The van der Waals surface area contributed by atoms with E-state index in [0.717, 1.165) is 45.6 Å². The Morgan fingerprint density at radius 1 is 1.18 bits per heavy atom. The summed E-state index contributed by atoms with van der Waals surface area (Å²) in [6.45, 7) is 7.13. The second-order valence-corrected chi connectivity index (χ2v) is 10.6. The Labute approximate surface area is 200 Å². The molecule has 2 aliphatic rings. The molecule has 0 aliphatic carbocycles. The lowest BCUT2D eigenvalue weighted by atomic mass is 9.97. The Morgan fingerprint density at radius 2 is 1.91 bits per heavy atom. The fraction of sp³-hybridized carbons (Fsp3) is 0.500. The normalized spacial score (nSPS) is 19.2. The number of aromatic nitrogens is 1. The summed E-state index contributed by atoms with van der Waals surface area (Å²) in [6.07, 6.45) is 5.87. The molecule has 2 aromatic rings. The van der Waals surface area contributed by atoms with Gasteiger partial charge in [0.2, 0.25) is 0 Å². The van der Waals surface area contributed by atoms with E-state index in [2.05, 4.69) is 19.5 Å². The van der Waals surface area contributed by atoms with Crippen molar-refractivity contribution < 1.29 is 23.1 Å². The fourth-order valence-electron chi connectivity index (χ4n) is 4.72. The Hall–Kier alpha value is -2.85. The lowest BCUT2D eigenvalue weighted by molar-refractivity contribution is 0.0696. The van der Waals surface area contributed by atoms with Gasteiger partial charge in [0, 0.05) is 25.8 Å². The van der Waals surface area contributed by atoms with Gasteiger partial charge >= 0.3 is 5.97 Å². The number of carbonyl (C=O) groups is 1. The first kappa shape index (κ1) is 24.3. The van der Waals surface area contributed by atoms with E-state index in [1.807, 2.05) is 6.92 Å². The van der Waals surface area contributed by atoms with Gasteiger partial charge in [-0.05, 0) is 81.9 Å². The Bertz CT molecular complexity index is 1100. The highest BCUT2D eigenvalue weighted by Crippen LogP contribution is 2.31. The van der Waals surface area contributed by atoms with Crippen LogP contribution in [0.5, 0.6) is 5.75 Å². The van der Waals surface area contributed by atoms with Crippen molar-refractivity contribution in [2.45, 2.75) is 37.5 Å². The van der Waals surface area contributed by atoms with Crippen LogP contribution in [0.15, 0.2) is 41.4 Å². The monoisotopic (exact) mass is 488 g/mol. The van der Waals surface area contributed by atoms with E-state index >= 15 is 0 Å². The summed E-state index contributed by atoms with van der Waals surface area (Å²) in [7, 11) is -3.95. The molecule has 9 nitrogen and oxygen atoms in total. The van der Waals surface area contributed by atoms with Crippen molar-refractivity contribution in [3.8, 4) is 5.75 Å². The SMILES string of the molecule is CCOc1ccc(S(=O)(=O)Nc2cc(C(=O)O)cnc2N2CCC[C@H](CN3CCCC3)C2)cc1. The summed E-state index contributed by atoms with van der Waals surface area (Å²) in [5, 5.41) is 9.46. The minimum atomic E-state index is -3.95. The van der Waals surface area contributed by atoms with Gasteiger partial charge in [0.15, 0.2) is 5.82 Å². The van der Waals surface area contributed by atoms with Crippen LogP contribution in [0.25, 0.3) is 0 Å². The van der Waals surface area contributed by atoms with Crippen molar-refractivity contribution in [3.05, 3.63) is 42.1 Å². The predicted molar refractivity (Wildman–Crippen MR) is 130 cm³/mol. The number of ether oxygens (including phenoxy) is 1. The van der Waals surface area contributed by atoms with Crippen molar-refractivity contribution >= 4 is 27.5 Å². The zero-order chi connectivity index (χ0) is 24.1. The Morgan fingerprint density at radius 3 is 2.59 bits per heavy atom. The third-order valence-corrected chi connectivity index (χ3v) is 7.72. The molecule has 0 amide bonds. The summed E-state index contributed by atoms with van der Waals surface area (Å²) in [4.78, 5) is 20.6. The molecule has 10 heteroatoms. The molecule has 0 saturated carbocycles. The van der Waals surface area contributed by atoms with Gasteiger partial charge in [0.05, 0.1) is 22.8 Å². The highest BCUT2D eigenvalue weighted by atomic mass is 32.2. The van der Waals surface area contributed by atoms with Crippen LogP contribution in [-0.4, -0.2) is 68.7 Å². The van der Waals surface area contributed by atoms with E-state index in [-0.39, 0.29) is 16.1 Å². The van der Waals surface area contributed by atoms with Gasteiger partial charge in [0.25, 0.3) is 10.0 Å². The van der Waals surface area contributed by atoms with Gasteiger partial charge in [-0.15, -0.1) is 0 Å². The topological polar surface area (TPSA) is 112 Å². The average molecular weight is 489 g/mol. The molecule has 34 heavy (non-hydrogen) atoms. The predicted octanol–water partition coefficient (Wildman–Crippen LogP) is 3.29. The number of likely N-dealkylation sites (tertiary alicyclic amines) is 1. The number of rotatable bonds is 9. The van der Waals surface area contributed by atoms with Gasteiger partial charge in [-0.3, -0.25) is 4.72 Å². The van der Waals surface area contributed by atoms with Crippen LogP contribution in [0.3, 0.4) is 0 Å². The summed E-state index contributed by atoms with van der Waals surface area (Å²) < 4.78 is 34.2. The largest absolute Gasteiger partial charge is 0.494 e. The molecular weight excluding hydrogens is 456 g/mol. The lowest BCUT2D eigenvalue weighted by Gasteiger charge is -2.36. The number of carboxylic acids is 1. The number of hydrogen-bond donors (Lipinski definition) is 2. The highest BCUT2D eigenvalue weighted by Gasteiger charge is 2.27. The van der Waals surface area contributed by atoms with E-state index in [9.17, 15) is 18.3 Å². The number of nitrogens with zero attached hydrogens (tertiary/aromatic N) is 3. The van der Waals surface area contributed by atoms with Gasteiger partial charge in [-0.25, -0.2) is 18.2 Å². The van der Waals surface area contributed by atoms with Crippen molar-refractivity contribution in [3.63, 3.8) is 0 Å². The molecule has 1 atom stereocenters. The molecule has 2 fully saturated rings. The van der Waals surface area contributed by atoms with Crippen LogP contribution >= 0.6 is 0 Å². The van der Waals surface area contributed by atoms with E-state index in [4.69, 9.17) is 4.74 Å². The molecule has 2 saturated heterocycles. The second-order valence-electron chi connectivity index (χ2n) is 8.87. The maximum absolute atomic E-state index is 13.1. The summed E-state index contributed by atoms with van der Waals surface area (Å²) in [5.74, 6) is 0.342. The van der Waals surface area contributed by atoms with Gasteiger partial charge in [-0.1, -0.05) is 0 Å². The maximum Gasteiger partial charge on any atom is 0.337 e. The van der Waals surface area contributed by atoms with Crippen molar-refractivity contribution in [1.82, 2.24) is 9.88 Å². The van der Waals surface area contributed by atoms with E-state index in [1.54, 1.807) is 12.1 Å². The summed E-state index contributed by atoms with van der Waals surface area (Å²) in [6, 6.07) is 7.47. The van der Waals surface area contributed by atoms with E-state index in [0.29, 0.717) is 24.1 Å². The number of sulfonamides is 1. The first-order valence-electron chi connectivity index (χ1n) is 11.8. The van der Waals surface area contributed by atoms with E-state index < -0.39 is 16.0 Å². The third kappa shape index (κ3) is 5.79. The third-order valence-electron chi connectivity index (χ3n) is 6.34. The maximum atomic E-state index is 13.1. The molecule has 0 radical (unpaired) electrons. The molecule has 1 aromatic carbocycles. The van der Waals surface area contributed by atoms with E-state index in [1.165, 1.54) is 37.2 Å². The zero-order valence-corrected chi connectivity index (χ0v) is 20.3. The van der Waals surface area contributed by atoms with Gasteiger partial charge in [0.1, 0.15) is 5.75 Å². The molecular formula is C24H32N4O5S. The molecule has 3 heterocycles.